The Labute approximate surface area is 100 Å². The van der Waals surface area contributed by atoms with E-state index in [4.69, 9.17) is 11.6 Å². The first-order chi connectivity index (χ1) is 7.63. The summed E-state index contributed by atoms with van der Waals surface area (Å²) in [6.45, 7) is 4.83. The van der Waals surface area contributed by atoms with Crippen LogP contribution in [0, 0.1) is 0 Å². The number of hydrogen-bond donors (Lipinski definition) is 1. The van der Waals surface area contributed by atoms with Gasteiger partial charge in [0.25, 0.3) is 0 Å². The van der Waals surface area contributed by atoms with Crippen LogP contribution in [0.3, 0.4) is 0 Å². The van der Waals surface area contributed by atoms with Crippen molar-refractivity contribution in [1.29, 1.82) is 0 Å². The van der Waals surface area contributed by atoms with E-state index in [1.165, 1.54) is 7.11 Å². The van der Waals surface area contributed by atoms with E-state index in [9.17, 15) is 4.79 Å². The van der Waals surface area contributed by atoms with Gasteiger partial charge >= 0.3 is 5.97 Å². The first-order valence-corrected chi connectivity index (χ1v) is 5.22. The number of rotatable bonds is 5. The molecular formula is C12H14ClNO2. The van der Waals surface area contributed by atoms with E-state index < -0.39 is 0 Å². The second kappa shape index (κ2) is 6.30. The summed E-state index contributed by atoms with van der Waals surface area (Å²) in [6, 6.07) is 7.21. The number of methoxy groups -OCH3 is 1. The fourth-order valence-corrected chi connectivity index (χ4v) is 1.31. The maximum atomic E-state index is 11.2. The van der Waals surface area contributed by atoms with Crippen LogP contribution in [0.5, 0.6) is 0 Å². The van der Waals surface area contributed by atoms with Gasteiger partial charge in [0.05, 0.1) is 12.7 Å². The Kier molecular flexibility index (Phi) is 5.02. The van der Waals surface area contributed by atoms with Gasteiger partial charge in [-0.15, -0.1) is 0 Å². The van der Waals surface area contributed by atoms with Crippen molar-refractivity contribution in [2.45, 2.75) is 6.54 Å². The van der Waals surface area contributed by atoms with Crippen LogP contribution >= 0.6 is 11.6 Å². The van der Waals surface area contributed by atoms with Crippen LogP contribution in [0.1, 0.15) is 15.9 Å². The average Bonchev–Trinajstić information content (AvgIpc) is 2.28. The highest BCUT2D eigenvalue weighted by atomic mass is 35.5. The molecule has 3 nitrogen and oxygen atoms in total. The molecule has 0 saturated heterocycles. The summed E-state index contributed by atoms with van der Waals surface area (Å²) in [5, 5.41) is 3.69. The van der Waals surface area contributed by atoms with Gasteiger partial charge in [-0.25, -0.2) is 4.79 Å². The highest BCUT2D eigenvalue weighted by Crippen LogP contribution is 2.05. The van der Waals surface area contributed by atoms with Crippen molar-refractivity contribution in [2.75, 3.05) is 13.7 Å². The van der Waals surface area contributed by atoms with E-state index in [1.807, 2.05) is 12.1 Å². The Hall–Kier alpha value is -1.32. The highest BCUT2D eigenvalue weighted by molar-refractivity contribution is 6.29. The third-order valence-corrected chi connectivity index (χ3v) is 2.15. The Morgan fingerprint density at radius 3 is 2.56 bits per heavy atom. The third-order valence-electron chi connectivity index (χ3n) is 2.02. The largest absolute Gasteiger partial charge is 0.465 e. The molecule has 0 unspecified atom stereocenters. The van der Waals surface area contributed by atoms with Gasteiger partial charge in [-0.05, 0) is 17.7 Å². The molecule has 1 rings (SSSR count). The predicted molar refractivity (Wildman–Crippen MR) is 64.5 cm³/mol. The van der Waals surface area contributed by atoms with E-state index in [-0.39, 0.29) is 5.97 Å². The topological polar surface area (TPSA) is 38.3 Å². The van der Waals surface area contributed by atoms with Gasteiger partial charge in [-0.3, -0.25) is 0 Å². The van der Waals surface area contributed by atoms with Crippen LogP contribution < -0.4 is 5.32 Å². The first kappa shape index (κ1) is 12.7. The summed E-state index contributed by atoms with van der Waals surface area (Å²) in [5.74, 6) is -0.325. The molecule has 0 aliphatic carbocycles. The number of carbonyl (C=O) groups is 1. The minimum absolute atomic E-state index is 0.325. The Morgan fingerprint density at radius 2 is 2.06 bits per heavy atom. The maximum absolute atomic E-state index is 11.2. The number of carbonyl (C=O) groups excluding carboxylic acids is 1. The average molecular weight is 240 g/mol. The number of hydrogen-bond acceptors (Lipinski definition) is 3. The van der Waals surface area contributed by atoms with E-state index in [2.05, 4.69) is 16.6 Å². The Bertz CT molecular complexity index is 373. The molecule has 0 aliphatic heterocycles. The summed E-state index contributed by atoms with van der Waals surface area (Å²) in [5.41, 5.74) is 1.62. The zero-order valence-electron chi connectivity index (χ0n) is 9.13. The molecule has 0 spiro atoms. The quantitative estimate of drug-likeness (QED) is 0.802. The fraction of sp³-hybridized carbons (Fsp3) is 0.250. The molecule has 0 bridgehead atoms. The molecule has 1 aromatic carbocycles. The standard InChI is InChI=1S/C12H14ClNO2/c1-9(13)7-14-8-10-3-5-11(6-4-10)12(15)16-2/h3-6,14H,1,7-8H2,2H3. The third kappa shape index (κ3) is 4.04. The minimum atomic E-state index is -0.325. The molecule has 0 heterocycles. The van der Waals surface area contributed by atoms with Crippen molar-refractivity contribution in [3.63, 3.8) is 0 Å². The molecule has 16 heavy (non-hydrogen) atoms. The van der Waals surface area contributed by atoms with Crippen LogP contribution in [0.25, 0.3) is 0 Å². The highest BCUT2D eigenvalue weighted by Gasteiger charge is 2.03. The van der Waals surface area contributed by atoms with Gasteiger partial charge in [0.15, 0.2) is 0 Å². The zero-order chi connectivity index (χ0) is 12.0. The van der Waals surface area contributed by atoms with Crippen molar-refractivity contribution < 1.29 is 9.53 Å². The van der Waals surface area contributed by atoms with E-state index in [0.29, 0.717) is 23.7 Å². The van der Waals surface area contributed by atoms with Crippen molar-refractivity contribution in [3.8, 4) is 0 Å². The van der Waals surface area contributed by atoms with Gasteiger partial charge in [0.1, 0.15) is 0 Å². The monoisotopic (exact) mass is 239 g/mol. The van der Waals surface area contributed by atoms with Gasteiger partial charge in [-0.2, -0.15) is 0 Å². The lowest BCUT2D eigenvalue weighted by molar-refractivity contribution is 0.0600. The van der Waals surface area contributed by atoms with Gasteiger partial charge < -0.3 is 10.1 Å². The molecule has 0 saturated carbocycles. The number of halogens is 1. The summed E-state index contributed by atoms with van der Waals surface area (Å²) in [7, 11) is 1.36. The lowest BCUT2D eigenvalue weighted by Crippen LogP contribution is -2.14. The predicted octanol–water partition coefficient (Wildman–Crippen LogP) is 2.32. The van der Waals surface area contributed by atoms with E-state index in [0.717, 1.165) is 5.56 Å². The van der Waals surface area contributed by atoms with Crippen LogP contribution in [-0.4, -0.2) is 19.6 Å². The van der Waals surface area contributed by atoms with E-state index >= 15 is 0 Å². The Morgan fingerprint density at radius 1 is 1.44 bits per heavy atom. The molecule has 1 N–H and O–H groups in total. The first-order valence-electron chi connectivity index (χ1n) is 4.84. The van der Waals surface area contributed by atoms with Crippen molar-refractivity contribution >= 4 is 17.6 Å². The van der Waals surface area contributed by atoms with Crippen LogP contribution in [0.15, 0.2) is 35.9 Å². The molecule has 86 valence electrons. The summed E-state index contributed by atoms with van der Waals surface area (Å²) < 4.78 is 4.61. The minimum Gasteiger partial charge on any atom is -0.465 e. The molecular weight excluding hydrogens is 226 g/mol. The fourth-order valence-electron chi connectivity index (χ4n) is 1.22. The summed E-state index contributed by atoms with van der Waals surface area (Å²) in [6.07, 6.45) is 0. The molecule has 0 aromatic heterocycles. The number of benzene rings is 1. The summed E-state index contributed by atoms with van der Waals surface area (Å²) >= 11 is 5.61. The van der Waals surface area contributed by atoms with Crippen LogP contribution in [0.4, 0.5) is 0 Å². The molecule has 1 aromatic rings. The van der Waals surface area contributed by atoms with Crippen molar-refractivity contribution in [1.82, 2.24) is 5.32 Å². The zero-order valence-corrected chi connectivity index (χ0v) is 9.88. The lowest BCUT2D eigenvalue weighted by atomic mass is 10.1. The molecule has 4 heteroatoms. The smallest absolute Gasteiger partial charge is 0.337 e. The van der Waals surface area contributed by atoms with Gasteiger partial charge in [0, 0.05) is 18.1 Å². The SMILES string of the molecule is C=C(Cl)CNCc1ccc(C(=O)OC)cc1. The lowest BCUT2D eigenvalue weighted by Gasteiger charge is -2.04. The molecule has 0 aliphatic rings. The normalized spacial score (nSPS) is 9.88. The van der Waals surface area contributed by atoms with Crippen molar-refractivity contribution in [2.24, 2.45) is 0 Å². The van der Waals surface area contributed by atoms with Crippen molar-refractivity contribution in [3.05, 3.63) is 47.0 Å². The molecule has 0 atom stereocenters. The second-order valence-electron chi connectivity index (χ2n) is 3.31. The second-order valence-corrected chi connectivity index (χ2v) is 3.84. The van der Waals surface area contributed by atoms with Crippen LogP contribution in [0.2, 0.25) is 0 Å². The maximum Gasteiger partial charge on any atom is 0.337 e. The van der Waals surface area contributed by atoms with E-state index in [1.54, 1.807) is 12.1 Å². The molecule has 0 fully saturated rings. The number of nitrogens with one attached hydrogen (secondary N) is 1. The van der Waals surface area contributed by atoms with Gasteiger partial charge in [0.2, 0.25) is 0 Å². The molecule has 0 amide bonds. The number of esters is 1. The molecule has 0 radical (unpaired) electrons. The van der Waals surface area contributed by atoms with Gasteiger partial charge in [-0.1, -0.05) is 30.3 Å². The van der Waals surface area contributed by atoms with Crippen LogP contribution in [-0.2, 0) is 11.3 Å². The number of ether oxygens (including phenoxy) is 1. The Balaban J connectivity index is 2.51. The summed E-state index contributed by atoms with van der Waals surface area (Å²) in [4.78, 5) is 11.2.